The van der Waals surface area contributed by atoms with E-state index in [1.807, 2.05) is 12.1 Å². The second-order valence-electron chi connectivity index (χ2n) is 3.91. The van der Waals surface area contributed by atoms with Crippen molar-refractivity contribution < 1.29 is 4.74 Å². The highest BCUT2D eigenvalue weighted by Gasteiger charge is 2.12. The largest absolute Gasteiger partial charge is 0.383 e. The summed E-state index contributed by atoms with van der Waals surface area (Å²) in [5.41, 5.74) is 1.65. The Kier molecular flexibility index (Phi) is 4.37. The Balaban J connectivity index is 1.90. The summed E-state index contributed by atoms with van der Waals surface area (Å²) in [5, 5.41) is 15.5. The summed E-state index contributed by atoms with van der Waals surface area (Å²) in [6, 6.07) is 8.10. The van der Waals surface area contributed by atoms with E-state index in [4.69, 9.17) is 10.00 Å². The van der Waals surface area contributed by atoms with Crippen molar-refractivity contribution in [1.82, 2.24) is 5.32 Å². The number of nitriles is 1. The van der Waals surface area contributed by atoms with Crippen molar-refractivity contribution in [3.8, 4) is 6.07 Å². The minimum absolute atomic E-state index is 0.346. The lowest BCUT2D eigenvalue weighted by atomic mass is 10.2. The molecule has 90 valence electrons. The minimum Gasteiger partial charge on any atom is -0.383 e. The average molecular weight is 296 g/mol. The molecule has 0 saturated carbocycles. The standard InChI is InChI=1S/C12H14BrN3O/c13-12-5-10(2-1-9(12)6-14)16-7-11-8-17-4-3-15-11/h1-2,5,11,15-16H,3-4,7-8H2. The van der Waals surface area contributed by atoms with Crippen LogP contribution in [0.2, 0.25) is 0 Å². The highest BCUT2D eigenvalue weighted by atomic mass is 79.9. The van der Waals surface area contributed by atoms with E-state index in [2.05, 4.69) is 32.6 Å². The number of hydrogen-bond donors (Lipinski definition) is 2. The summed E-state index contributed by atoms with van der Waals surface area (Å²) in [6.45, 7) is 3.26. The van der Waals surface area contributed by atoms with Crippen LogP contribution in [0.5, 0.6) is 0 Å². The minimum atomic E-state index is 0.346. The quantitative estimate of drug-likeness (QED) is 0.892. The Bertz CT molecular complexity index is 424. The third-order valence-corrected chi connectivity index (χ3v) is 3.30. The number of nitrogens with zero attached hydrogens (tertiary/aromatic N) is 1. The van der Waals surface area contributed by atoms with Crippen molar-refractivity contribution >= 4 is 21.6 Å². The Morgan fingerprint density at radius 1 is 1.59 bits per heavy atom. The van der Waals surface area contributed by atoms with Gasteiger partial charge in [0.15, 0.2) is 0 Å². The van der Waals surface area contributed by atoms with E-state index in [1.54, 1.807) is 6.07 Å². The normalized spacial score (nSPS) is 19.6. The first kappa shape index (κ1) is 12.4. The molecule has 1 saturated heterocycles. The van der Waals surface area contributed by atoms with Gasteiger partial charge in [-0.1, -0.05) is 0 Å². The first-order valence-corrected chi connectivity index (χ1v) is 6.33. The van der Waals surface area contributed by atoms with Gasteiger partial charge in [-0.05, 0) is 34.1 Å². The first-order valence-electron chi connectivity index (χ1n) is 5.54. The molecule has 0 radical (unpaired) electrons. The maximum absolute atomic E-state index is 8.82. The van der Waals surface area contributed by atoms with Crippen LogP contribution in [0.1, 0.15) is 5.56 Å². The first-order chi connectivity index (χ1) is 8.29. The number of hydrogen-bond acceptors (Lipinski definition) is 4. The highest BCUT2D eigenvalue weighted by molar-refractivity contribution is 9.10. The van der Waals surface area contributed by atoms with Crippen molar-refractivity contribution in [1.29, 1.82) is 5.26 Å². The summed E-state index contributed by atoms with van der Waals surface area (Å²) in [7, 11) is 0. The second-order valence-corrected chi connectivity index (χ2v) is 4.77. The van der Waals surface area contributed by atoms with Gasteiger partial charge in [-0.2, -0.15) is 5.26 Å². The number of nitrogens with one attached hydrogen (secondary N) is 2. The lowest BCUT2D eigenvalue weighted by Gasteiger charge is -2.24. The Morgan fingerprint density at radius 2 is 2.47 bits per heavy atom. The molecule has 1 aliphatic heterocycles. The van der Waals surface area contributed by atoms with Crippen molar-refractivity contribution in [2.24, 2.45) is 0 Å². The van der Waals surface area contributed by atoms with Crippen LogP contribution >= 0.6 is 15.9 Å². The van der Waals surface area contributed by atoms with Gasteiger partial charge in [0.05, 0.1) is 18.8 Å². The Labute approximate surface area is 109 Å². The van der Waals surface area contributed by atoms with E-state index in [1.165, 1.54) is 0 Å². The molecule has 0 spiro atoms. The molecule has 0 amide bonds. The molecular formula is C12H14BrN3O. The smallest absolute Gasteiger partial charge is 0.100 e. The number of rotatable bonds is 3. The molecule has 1 unspecified atom stereocenters. The Morgan fingerprint density at radius 3 is 3.12 bits per heavy atom. The third kappa shape index (κ3) is 3.43. The van der Waals surface area contributed by atoms with E-state index >= 15 is 0 Å². The molecule has 1 aromatic rings. The summed E-state index contributed by atoms with van der Waals surface area (Å²) >= 11 is 3.37. The van der Waals surface area contributed by atoms with Gasteiger partial charge < -0.3 is 15.4 Å². The Hall–Kier alpha value is -1.09. The van der Waals surface area contributed by atoms with E-state index in [0.717, 1.165) is 36.5 Å². The summed E-state index contributed by atoms with van der Waals surface area (Å²) < 4.78 is 6.19. The number of ether oxygens (including phenoxy) is 1. The predicted molar refractivity (Wildman–Crippen MR) is 70.0 cm³/mol. The number of morpholine rings is 1. The lowest BCUT2D eigenvalue weighted by Crippen LogP contribution is -2.45. The molecule has 1 atom stereocenters. The van der Waals surface area contributed by atoms with Crippen LogP contribution in [0, 0.1) is 11.3 Å². The molecule has 5 heteroatoms. The molecule has 4 nitrogen and oxygen atoms in total. The molecule has 0 bridgehead atoms. The van der Waals surface area contributed by atoms with E-state index in [0.29, 0.717) is 11.6 Å². The lowest BCUT2D eigenvalue weighted by molar-refractivity contribution is 0.0806. The van der Waals surface area contributed by atoms with Crippen LogP contribution in [0.15, 0.2) is 22.7 Å². The maximum Gasteiger partial charge on any atom is 0.100 e. The third-order valence-electron chi connectivity index (χ3n) is 2.64. The maximum atomic E-state index is 8.82. The highest BCUT2D eigenvalue weighted by Crippen LogP contribution is 2.20. The van der Waals surface area contributed by atoms with Crippen LogP contribution in [-0.4, -0.2) is 32.3 Å². The van der Waals surface area contributed by atoms with Gasteiger partial charge in [0, 0.05) is 29.3 Å². The van der Waals surface area contributed by atoms with Gasteiger partial charge in [-0.25, -0.2) is 0 Å². The van der Waals surface area contributed by atoms with Gasteiger partial charge in [-0.3, -0.25) is 0 Å². The van der Waals surface area contributed by atoms with Crippen LogP contribution < -0.4 is 10.6 Å². The summed E-state index contributed by atoms with van der Waals surface area (Å²) in [5.74, 6) is 0. The zero-order valence-corrected chi connectivity index (χ0v) is 11.0. The fourth-order valence-electron chi connectivity index (χ4n) is 1.71. The molecule has 1 heterocycles. The molecule has 0 aromatic heterocycles. The molecule has 1 aliphatic rings. The van der Waals surface area contributed by atoms with Gasteiger partial charge in [-0.15, -0.1) is 0 Å². The van der Waals surface area contributed by atoms with Crippen LogP contribution in [0.3, 0.4) is 0 Å². The fourth-order valence-corrected chi connectivity index (χ4v) is 2.18. The van der Waals surface area contributed by atoms with Crippen molar-refractivity contribution in [2.75, 3.05) is 31.6 Å². The van der Waals surface area contributed by atoms with Gasteiger partial charge in [0.25, 0.3) is 0 Å². The molecule has 2 rings (SSSR count). The van der Waals surface area contributed by atoms with E-state index in [-0.39, 0.29) is 0 Å². The topological polar surface area (TPSA) is 57.1 Å². The SMILES string of the molecule is N#Cc1ccc(NCC2COCCN2)cc1Br. The second kappa shape index (κ2) is 6.01. The molecule has 0 aliphatic carbocycles. The van der Waals surface area contributed by atoms with Gasteiger partial charge >= 0.3 is 0 Å². The molecule has 17 heavy (non-hydrogen) atoms. The van der Waals surface area contributed by atoms with Crippen LogP contribution in [0.4, 0.5) is 5.69 Å². The zero-order valence-electron chi connectivity index (χ0n) is 9.37. The molecular weight excluding hydrogens is 282 g/mol. The van der Waals surface area contributed by atoms with Crippen LogP contribution in [0.25, 0.3) is 0 Å². The van der Waals surface area contributed by atoms with Crippen LogP contribution in [-0.2, 0) is 4.74 Å². The zero-order chi connectivity index (χ0) is 12.1. The molecule has 1 fully saturated rings. The number of halogens is 1. The van der Waals surface area contributed by atoms with E-state index < -0.39 is 0 Å². The van der Waals surface area contributed by atoms with E-state index in [9.17, 15) is 0 Å². The van der Waals surface area contributed by atoms with Gasteiger partial charge in [0.1, 0.15) is 6.07 Å². The fraction of sp³-hybridized carbons (Fsp3) is 0.417. The monoisotopic (exact) mass is 295 g/mol. The number of anilines is 1. The van der Waals surface area contributed by atoms with Crippen molar-refractivity contribution in [3.05, 3.63) is 28.2 Å². The molecule has 1 aromatic carbocycles. The summed E-state index contributed by atoms with van der Waals surface area (Å²) in [6.07, 6.45) is 0. The van der Waals surface area contributed by atoms with Crippen molar-refractivity contribution in [3.63, 3.8) is 0 Å². The summed E-state index contributed by atoms with van der Waals surface area (Å²) in [4.78, 5) is 0. The molecule has 2 N–H and O–H groups in total. The predicted octanol–water partition coefficient (Wildman–Crippen LogP) is 1.72. The van der Waals surface area contributed by atoms with Crippen molar-refractivity contribution in [2.45, 2.75) is 6.04 Å². The average Bonchev–Trinajstić information content (AvgIpc) is 2.38. The van der Waals surface area contributed by atoms with Gasteiger partial charge in [0.2, 0.25) is 0 Å². The number of benzene rings is 1.